The Hall–Kier alpha value is -3.33. The summed E-state index contributed by atoms with van der Waals surface area (Å²) >= 11 is 0. The summed E-state index contributed by atoms with van der Waals surface area (Å²) in [4.78, 5) is 21.1. The van der Waals surface area contributed by atoms with Gasteiger partial charge in [0.05, 0.1) is 12.2 Å². The second kappa shape index (κ2) is 6.63. The topological polar surface area (TPSA) is 106 Å². The number of fused-ring (bicyclic) bond motifs is 2. The number of aromatic nitrogens is 4. The standard InChI is InChI=1S/C20H18FN5O3/c1-10-25-18-15(29-10)7-14(19(27)16(18)21)11-6-12-9-24-26(13-2-4-22-5-3-13)20(28)17(12)23-8-11/h6-9,13,22,27H,2-5H2,1H3. The monoisotopic (exact) mass is 395 g/mol. The van der Waals surface area contributed by atoms with Gasteiger partial charge in [0.2, 0.25) is 0 Å². The van der Waals surface area contributed by atoms with Crippen molar-refractivity contribution in [3.8, 4) is 16.9 Å². The predicted molar refractivity (Wildman–Crippen MR) is 104 cm³/mol. The van der Waals surface area contributed by atoms with E-state index in [1.807, 2.05) is 0 Å². The Morgan fingerprint density at radius 2 is 2.03 bits per heavy atom. The van der Waals surface area contributed by atoms with Gasteiger partial charge < -0.3 is 14.8 Å². The SMILES string of the molecule is Cc1nc2c(F)c(O)c(-c3cnc4c(=O)n(C5CCNCC5)ncc4c3)cc2o1. The molecule has 29 heavy (non-hydrogen) atoms. The van der Waals surface area contributed by atoms with E-state index in [0.29, 0.717) is 22.4 Å². The lowest BCUT2D eigenvalue weighted by atomic mass is 10.0. The second-order valence-corrected chi connectivity index (χ2v) is 7.20. The number of aromatic hydroxyl groups is 1. The Morgan fingerprint density at radius 3 is 2.83 bits per heavy atom. The number of aryl methyl sites for hydroxylation is 1. The summed E-state index contributed by atoms with van der Waals surface area (Å²) < 4.78 is 21.4. The van der Waals surface area contributed by atoms with Crippen LogP contribution in [0, 0.1) is 12.7 Å². The lowest BCUT2D eigenvalue weighted by Gasteiger charge is -2.23. The number of oxazole rings is 1. The Morgan fingerprint density at radius 1 is 1.24 bits per heavy atom. The van der Waals surface area contributed by atoms with Gasteiger partial charge in [0, 0.05) is 29.6 Å². The number of rotatable bonds is 2. The molecular formula is C20H18FN5O3. The highest BCUT2D eigenvalue weighted by atomic mass is 19.1. The summed E-state index contributed by atoms with van der Waals surface area (Å²) in [5.41, 5.74) is 0.904. The largest absolute Gasteiger partial charge is 0.504 e. The van der Waals surface area contributed by atoms with Crippen molar-refractivity contribution < 1.29 is 13.9 Å². The highest BCUT2D eigenvalue weighted by Gasteiger charge is 2.21. The first-order chi connectivity index (χ1) is 14.0. The first-order valence-corrected chi connectivity index (χ1v) is 9.40. The highest BCUT2D eigenvalue weighted by Crippen LogP contribution is 2.37. The van der Waals surface area contributed by atoms with Crippen LogP contribution in [0.5, 0.6) is 5.75 Å². The minimum absolute atomic E-state index is 0.0241. The van der Waals surface area contributed by atoms with Gasteiger partial charge in [-0.15, -0.1) is 0 Å². The summed E-state index contributed by atoms with van der Waals surface area (Å²) in [5.74, 6) is -1.09. The van der Waals surface area contributed by atoms with Gasteiger partial charge in [0.1, 0.15) is 11.0 Å². The van der Waals surface area contributed by atoms with Crippen LogP contribution in [0.3, 0.4) is 0 Å². The average Bonchev–Trinajstić information content (AvgIpc) is 3.12. The Bertz CT molecular complexity index is 1310. The summed E-state index contributed by atoms with van der Waals surface area (Å²) in [7, 11) is 0. The lowest BCUT2D eigenvalue weighted by molar-refractivity contribution is 0.333. The van der Waals surface area contributed by atoms with Crippen LogP contribution in [-0.2, 0) is 0 Å². The first-order valence-electron chi connectivity index (χ1n) is 9.40. The predicted octanol–water partition coefficient (Wildman–Crippen LogP) is 2.68. The number of piperidine rings is 1. The van der Waals surface area contributed by atoms with Gasteiger partial charge >= 0.3 is 0 Å². The Balaban J connectivity index is 1.63. The van der Waals surface area contributed by atoms with E-state index in [0.717, 1.165) is 25.9 Å². The zero-order chi connectivity index (χ0) is 20.1. The van der Waals surface area contributed by atoms with Gasteiger partial charge in [-0.1, -0.05) is 0 Å². The molecule has 4 aromatic rings. The van der Waals surface area contributed by atoms with E-state index in [4.69, 9.17) is 4.42 Å². The normalized spacial score (nSPS) is 15.4. The highest BCUT2D eigenvalue weighted by molar-refractivity contribution is 5.88. The molecule has 1 saturated heterocycles. The zero-order valence-electron chi connectivity index (χ0n) is 15.6. The van der Waals surface area contributed by atoms with Crippen LogP contribution < -0.4 is 10.9 Å². The van der Waals surface area contributed by atoms with E-state index < -0.39 is 11.6 Å². The summed E-state index contributed by atoms with van der Waals surface area (Å²) in [6.45, 7) is 3.29. The molecule has 0 amide bonds. The van der Waals surface area contributed by atoms with Crippen molar-refractivity contribution in [3.05, 3.63) is 46.6 Å². The van der Waals surface area contributed by atoms with Crippen LogP contribution in [0.25, 0.3) is 33.1 Å². The molecule has 1 aromatic carbocycles. The van der Waals surface area contributed by atoms with Crippen molar-refractivity contribution in [2.24, 2.45) is 0 Å². The molecule has 0 atom stereocenters. The van der Waals surface area contributed by atoms with Crippen molar-refractivity contribution in [2.45, 2.75) is 25.8 Å². The number of phenols is 1. The summed E-state index contributed by atoms with van der Waals surface area (Å²) in [6, 6.07) is 3.22. The Kier molecular flexibility index (Phi) is 4.06. The van der Waals surface area contributed by atoms with E-state index in [2.05, 4.69) is 20.4 Å². The van der Waals surface area contributed by atoms with Gasteiger partial charge in [-0.05, 0) is 38.1 Å². The first kappa shape index (κ1) is 17.7. The van der Waals surface area contributed by atoms with Gasteiger partial charge in [0.15, 0.2) is 23.0 Å². The van der Waals surface area contributed by atoms with E-state index in [9.17, 15) is 14.3 Å². The van der Waals surface area contributed by atoms with Crippen molar-refractivity contribution >= 4 is 22.0 Å². The van der Waals surface area contributed by atoms with Crippen LogP contribution in [-0.4, -0.2) is 37.9 Å². The molecule has 1 fully saturated rings. The minimum Gasteiger partial charge on any atom is -0.504 e. The fourth-order valence-corrected chi connectivity index (χ4v) is 3.85. The number of halogens is 1. The van der Waals surface area contributed by atoms with Gasteiger partial charge in [0.25, 0.3) is 5.56 Å². The molecule has 2 N–H and O–H groups in total. The molecule has 0 unspecified atom stereocenters. The number of pyridine rings is 1. The number of hydrogen-bond acceptors (Lipinski definition) is 7. The van der Waals surface area contributed by atoms with Crippen LogP contribution in [0.15, 0.2) is 33.7 Å². The fourth-order valence-electron chi connectivity index (χ4n) is 3.85. The molecular weight excluding hydrogens is 377 g/mol. The van der Waals surface area contributed by atoms with Crippen molar-refractivity contribution in [1.82, 2.24) is 25.1 Å². The maximum atomic E-state index is 14.5. The molecule has 0 spiro atoms. The minimum atomic E-state index is -0.853. The molecule has 148 valence electrons. The van der Waals surface area contributed by atoms with Gasteiger partial charge in [-0.25, -0.2) is 19.0 Å². The molecule has 1 aliphatic rings. The lowest BCUT2D eigenvalue weighted by Crippen LogP contribution is -2.35. The third-order valence-corrected chi connectivity index (χ3v) is 5.32. The zero-order valence-corrected chi connectivity index (χ0v) is 15.6. The van der Waals surface area contributed by atoms with E-state index in [1.54, 1.807) is 19.2 Å². The molecule has 4 heterocycles. The smallest absolute Gasteiger partial charge is 0.293 e. The molecule has 0 saturated carbocycles. The van der Waals surface area contributed by atoms with Gasteiger partial charge in [-0.3, -0.25) is 4.79 Å². The number of hydrogen-bond donors (Lipinski definition) is 2. The third kappa shape index (κ3) is 2.85. The number of nitrogens with zero attached hydrogens (tertiary/aromatic N) is 4. The van der Waals surface area contributed by atoms with E-state index >= 15 is 0 Å². The molecule has 3 aromatic heterocycles. The second-order valence-electron chi connectivity index (χ2n) is 7.20. The van der Waals surface area contributed by atoms with E-state index in [1.165, 1.54) is 16.9 Å². The van der Waals surface area contributed by atoms with Crippen molar-refractivity contribution in [1.29, 1.82) is 0 Å². The van der Waals surface area contributed by atoms with Gasteiger partial charge in [-0.2, -0.15) is 5.10 Å². The molecule has 0 radical (unpaired) electrons. The maximum absolute atomic E-state index is 14.5. The fraction of sp³-hybridized carbons (Fsp3) is 0.300. The van der Waals surface area contributed by atoms with Crippen molar-refractivity contribution in [3.63, 3.8) is 0 Å². The molecule has 8 nitrogen and oxygen atoms in total. The third-order valence-electron chi connectivity index (χ3n) is 5.32. The molecule has 5 rings (SSSR count). The molecule has 0 bridgehead atoms. The molecule has 0 aliphatic carbocycles. The molecule has 1 aliphatic heterocycles. The van der Waals surface area contributed by atoms with E-state index in [-0.39, 0.29) is 28.3 Å². The van der Waals surface area contributed by atoms with Crippen LogP contribution >= 0.6 is 0 Å². The van der Waals surface area contributed by atoms with Crippen LogP contribution in [0.1, 0.15) is 24.8 Å². The summed E-state index contributed by atoms with van der Waals surface area (Å²) in [5, 5.41) is 18.4. The van der Waals surface area contributed by atoms with Crippen molar-refractivity contribution in [2.75, 3.05) is 13.1 Å². The average molecular weight is 395 g/mol. The number of phenolic OH excluding ortho intramolecular Hbond substituents is 1. The summed E-state index contributed by atoms with van der Waals surface area (Å²) in [6.07, 6.45) is 4.69. The Labute approximate surface area is 164 Å². The maximum Gasteiger partial charge on any atom is 0.293 e. The number of benzene rings is 1. The quantitative estimate of drug-likeness (QED) is 0.537. The molecule has 9 heteroatoms. The number of nitrogens with one attached hydrogen (secondary N) is 1. The van der Waals surface area contributed by atoms with Crippen LogP contribution in [0.2, 0.25) is 0 Å². The van der Waals surface area contributed by atoms with Crippen LogP contribution in [0.4, 0.5) is 4.39 Å².